The van der Waals surface area contributed by atoms with Gasteiger partial charge in [-0.25, -0.2) is 0 Å². The molecule has 14 heavy (non-hydrogen) atoms. The van der Waals surface area contributed by atoms with Crippen LogP contribution in [0.25, 0.3) is 0 Å². The van der Waals surface area contributed by atoms with Crippen molar-refractivity contribution >= 4 is 11.6 Å². The Kier molecular flexibility index (Phi) is 3.50. The molecule has 0 saturated heterocycles. The molecule has 0 aliphatic heterocycles. The summed E-state index contributed by atoms with van der Waals surface area (Å²) in [5.41, 5.74) is 7.20. The van der Waals surface area contributed by atoms with Gasteiger partial charge in [-0.2, -0.15) is 5.10 Å². The van der Waals surface area contributed by atoms with Gasteiger partial charge >= 0.3 is 0 Å². The van der Waals surface area contributed by atoms with Crippen molar-refractivity contribution in [1.29, 1.82) is 0 Å². The molecule has 3 N–H and O–H groups in total. The van der Waals surface area contributed by atoms with Crippen LogP contribution in [-0.4, -0.2) is 22.2 Å². The second-order valence-electron chi connectivity index (χ2n) is 3.11. The number of nitrogens with one attached hydrogen (secondary N) is 1. The third-order valence-corrected chi connectivity index (χ3v) is 2.07. The molecular formula is C9H16N4O. The van der Waals surface area contributed by atoms with E-state index in [1.54, 1.807) is 10.9 Å². The Bertz CT molecular complexity index is 319. The van der Waals surface area contributed by atoms with Crippen LogP contribution < -0.4 is 11.1 Å². The quantitative estimate of drug-likeness (QED) is 0.727. The minimum Gasteiger partial charge on any atom is -0.396 e. The Morgan fingerprint density at radius 2 is 2.43 bits per heavy atom. The van der Waals surface area contributed by atoms with Gasteiger partial charge in [0.25, 0.3) is 0 Å². The second kappa shape index (κ2) is 4.64. The second-order valence-corrected chi connectivity index (χ2v) is 3.11. The van der Waals surface area contributed by atoms with Gasteiger partial charge in [-0.05, 0) is 13.8 Å². The number of nitrogen functional groups attached to an aromatic ring is 1. The van der Waals surface area contributed by atoms with Gasteiger partial charge in [0.1, 0.15) is 0 Å². The van der Waals surface area contributed by atoms with Gasteiger partial charge in [0.15, 0.2) is 0 Å². The summed E-state index contributed by atoms with van der Waals surface area (Å²) in [5, 5.41) is 6.79. The van der Waals surface area contributed by atoms with Gasteiger partial charge in [0.05, 0.1) is 24.1 Å². The Hall–Kier alpha value is -1.52. The highest BCUT2D eigenvalue weighted by Crippen LogP contribution is 2.08. The lowest BCUT2D eigenvalue weighted by molar-refractivity contribution is -0.121. The highest BCUT2D eigenvalue weighted by atomic mass is 16.1. The number of rotatable bonds is 4. The number of carbonyl (C=O) groups is 1. The van der Waals surface area contributed by atoms with E-state index in [0.717, 1.165) is 5.69 Å². The number of carbonyl (C=O) groups excluding carboxylic acids is 1. The van der Waals surface area contributed by atoms with Gasteiger partial charge in [0.2, 0.25) is 5.91 Å². The number of nitrogens with zero attached hydrogens (tertiary/aromatic N) is 2. The molecule has 1 aromatic rings. The van der Waals surface area contributed by atoms with Crippen LogP contribution in [0.15, 0.2) is 6.20 Å². The summed E-state index contributed by atoms with van der Waals surface area (Å²) in [5.74, 6) is 0.0426. The van der Waals surface area contributed by atoms with E-state index >= 15 is 0 Å². The van der Waals surface area contributed by atoms with Crippen molar-refractivity contribution in [2.24, 2.45) is 0 Å². The predicted octanol–water partition coefficient (Wildman–Crippen LogP) is 0.300. The third-order valence-electron chi connectivity index (χ3n) is 2.07. The van der Waals surface area contributed by atoms with Crippen molar-refractivity contribution in [2.75, 3.05) is 12.3 Å². The first-order valence-electron chi connectivity index (χ1n) is 4.69. The molecule has 0 aliphatic rings. The molecule has 0 aliphatic carbocycles. The number of hydrogen-bond acceptors (Lipinski definition) is 3. The highest BCUT2D eigenvalue weighted by Gasteiger charge is 2.04. The summed E-state index contributed by atoms with van der Waals surface area (Å²) in [6.45, 7) is 5.03. The molecular weight excluding hydrogens is 180 g/mol. The zero-order chi connectivity index (χ0) is 10.6. The molecule has 1 amide bonds. The minimum atomic E-state index is 0.0426. The first-order valence-corrected chi connectivity index (χ1v) is 4.69. The van der Waals surface area contributed by atoms with Gasteiger partial charge in [-0.15, -0.1) is 0 Å². The van der Waals surface area contributed by atoms with Crippen molar-refractivity contribution in [3.63, 3.8) is 0 Å². The molecule has 5 heteroatoms. The number of aromatic nitrogens is 2. The largest absolute Gasteiger partial charge is 0.396 e. The van der Waals surface area contributed by atoms with Crippen molar-refractivity contribution < 1.29 is 4.79 Å². The topological polar surface area (TPSA) is 72.9 Å². The lowest BCUT2D eigenvalue weighted by atomic mass is 10.3. The summed E-state index contributed by atoms with van der Waals surface area (Å²) in [7, 11) is 0. The SMILES string of the molecule is CCNC(=O)CCn1ncc(N)c1C. The van der Waals surface area contributed by atoms with Crippen LogP contribution in [0, 0.1) is 6.92 Å². The molecule has 0 unspecified atom stereocenters. The Morgan fingerprint density at radius 1 is 1.71 bits per heavy atom. The summed E-state index contributed by atoms with van der Waals surface area (Å²) < 4.78 is 1.74. The van der Waals surface area contributed by atoms with Crippen LogP contribution in [0.2, 0.25) is 0 Å². The number of aryl methyl sites for hydroxylation is 1. The standard InChI is InChI=1S/C9H16N4O/c1-3-11-9(14)4-5-13-7(2)8(10)6-12-13/h6H,3-5,10H2,1-2H3,(H,11,14). The summed E-state index contributed by atoms with van der Waals surface area (Å²) in [6, 6.07) is 0. The van der Waals surface area contributed by atoms with E-state index in [0.29, 0.717) is 25.2 Å². The number of amides is 1. The maximum atomic E-state index is 11.2. The average molecular weight is 196 g/mol. The van der Waals surface area contributed by atoms with E-state index in [9.17, 15) is 4.79 Å². The molecule has 0 spiro atoms. The van der Waals surface area contributed by atoms with E-state index in [-0.39, 0.29) is 5.91 Å². The Balaban J connectivity index is 2.46. The van der Waals surface area contributed by atoms with E-state index in [4.69, 9.17) is 5.73 Å². The van der Waals surface area contributed by atoms with E-state index in [2.05, 4.69) is 10.4 Å². The summed E-state index contributed by atoms with van der Waals surface area (Å²) in [4.78, 5) is 11.2. The molecule has 1 heterocycles. The fourth-order valence-corrected chi connectivity index (χ4v) is 1.18. The van der Waals surface area contributed by atoms with Gasteiger partial charge in [-0.3, -0.25) is 9.48 Å². The van der Waals surface area contributed by atoms with Gasteiger partial charge in [-0.1, -0.05) is 0 Å². The smallest absolute Gasteiger partial charge is 0.221 e. The van der Waals surface area contributed by atoms with Crippen LogP contribution >= 0.6 is 0 Å². The van der Waals surface area contributed by atoms with E-state index in [1.165, 1.54) is 0 Å². The van der Waals surface area contributed by atoms with Crippen molar-refractivity contribution in [3.8, 4) is 0 Å². The van der Waals surface area contributed by atoms with E-state index < -0.39 is 0 Å². The zero-order valence-electron chi connectivity index (χ0n) is 8.58. The molecule has 0 saturated carbocycles. The fourth-order valence-electron chi connectivity index (χ4n) is 1.18. The van der Waals surface area contributed by atoms with Crippen molar-refractivity contribution in [2.45, 2.75) is 26.8 Å². The average Bonchev–Trinajstić information content (AvgIpc) is 2.46. The Morgan fingerprint density at radius 3 is 2.93 bits per heavy atom. The molecule has 0 radical (unpaired) electrons. The predicted molar refractivity (Wildman–Crippen MR) is 54.7 cm³/mol. The molecule has 0 atom stereocenters. The Labute approximate surface area is 83.3 Å². The fraction of sp³-hybridized carbons (Fsp3) is 0.556. The maximum absolute atomic E-state index is 11.2. The lowest BCUT2D eigenvalue weighted by Gasteiger charge is -2.04. The molecule has 78 valence electrons. The first-order chi connectivity index (χ1) is 6.65. The summed E-state index contributed by atoms with van der Waals surface area (Å²) >= 11 is 0. The zero-order valence-corrected chi connectivity index (χ0v) is 8.58. The molecule has 0 fully saturated rings. The normalized spacial score (nSPS) is 10.1. The van der Waals surface area contributed by atoms with Crippen molar-refractivity contribution in [1.82, 2.24) is 15.1 Å². The maximum Gasteiger partial charge on any atom is 0.221 e. The highest BCUT2D eigenvalue weighted by molar-refractivity contribution is 5.75. The molecule has 1 aromatic heterocycles. The van der Waals surface area contributed by atoms with Crippen LogP contribution in [0.3, 0.4) is 0 Å². The minimum absolute atomic E-state index is 0.0426. The van der Waals surface area contributed by atoms with E-state index in [1.807, 2.05) is 13.8 Å². The summed E-state index contributed by atoms with van der Waals surface area (Å²) in [6.07, 6.45) is 2.04. The molecule has 0 bridgehead atoms. The number of anilines is 1. The molecule has 5 nitrogen and oxygen atoms in total. The van der Waals surface area contributed by atoms with Crippen molar-refractivity contribution in [3.05, 3.63) is 11.9 Å². The van der Waals surface area contributed by atoms with Crippen LogP contribution in [0.1, 0.15) is 19.0 Å². The first kappa shape index (κ1) is 10.6. The molecule has 1 rings (SSSR count). The van der Waals surface area contributed by atoms with Gasteiger partial charge < -0.3 is 11.1 Å². The number of nitrogens with two attached hydrogens (primary N) is 1. The third kappa shape index (κ3) is 2.48. The van der Waals surface area contributed by atoms with Crippen LogP contribution in [-0.2, 0) is 11.3 Å². The number of hydrogen-bond donors (Lipinski definition) is 2. The van der Waals surface area contributed by atoms with Crippen LogP contribution in [0.5, 0.6) is 0 Å². The van der Waals surface area contributed by atoms with Gasteiger partial charge in [0, 0.05) is 13.0 Å². The molecule has 0 aromatic carbocycles. The monoisotopic (exact) mass is 196 g/mol. The lowest BCUT2D eigenvalue weighted by Crippen LogP contribution is -2.24. The van der Waals surface area contributed by atoms with Crippen LogP contribution in [0.4, 0.5) is 5.69 Å².